The highest BCUT2D eigenvalue weighted by molar-refractivity contribution is 5.85. The van der Waals surface area contributed by atoms with E-state index in [-0.39, 0.29) is 18.8 Å². The summed E-state index contributed by atoms with van der Waals surface area (Å²) in [5.74, 6) is 0. The fourth-order valence-corrected chi connectivity index (χ4v) is 0.608. The van der Waals surface area contributed by atoms with Gasteiger partial charge in [-0.2, -0.15) is 0 Å². The van der Waals surface area contributed by atoms with E-state index in [0.29, 0.717) is 6.29 Å². The molecule has 0 fully saturated rings. The van der Waals surface area contributed by atoms with Gasteiger partial charge in [-0.25, -0.2) is 0 Å². The molecule has 0 rings (SSSR count). The van der Waals surface area contributed by atoms with Gasteiger partial charge in [0.25, 0.3) is 0 Å². The van der Waals surface area contributed by atoms with Crippen LogP contribution in [-0.2, 0) is 4.79 Å². The fourth-order valence-electron chi connectivity index (χ4n) is 0.608. The number of hydrogen-bond acceptors (Lipinski definition) is 4. The first-order chi connectivity index (χ1) is 4.59. The first-order valence-corrected chi connectivity index (χ1v) is 3.15. The monoisotopic (exact) mass is 183 g/mol. The number of hydrogen-bond donors (Lipinski definition) is 3. The molecule has 0 aliphatic carbocycles. The number of aldehydes is 1. The van der Waals surface area contributed by atoms with E-state index < -0.39 is 18.2 Å². The van der Waals surface area contributed by atoms with E-state index in [0.717, 1.165) is 0 Å². The van der Waals surface area contributed by atoms with Crippen molar-refractivity contribution in [1.29, 1.82) is 0 Å². The quantitative estimate of drug-likeness (QED) is 0.492. The highest BCUT2D eigenvalue weighted by Crippen LogP contribution is 1.98. The Balaban J connectivity index is 0. The minimum absolute atomic E-state index is 0. The van der Waals surface area contributed by atoms with Crippen LogP contribution in [0.2, 0.25) is 0 Å². The van der Waals surface area contributed by atoms with E-state index in [9.17, 15) is 4.79 Å². The standard InChI is InChI=1S/C6H13NO3.ClH/c1-4(9)6(10)5(7)2-3-8;/h3-6,9-10H,2,7H2,1H3;1H/t4-,5-,6-;/m1./s1. The van der Waals surface area contributed by atoms with Gasteiger partial charge in [-0.15, -0.1) is 12.4 Å². The first kappa shape index (κ1) is 13.4. The molecular weight excluding hydrogens is 170 g/mol. The molecule has 0 spiro atoms. The molecule has 0 radical (unpaired) electrons. The predicted octanol–water partition coefficient (Wildman–Crippen LogP) is -0.934. The predicted molar refractivity (Wildman–Crippen MR) is 43.6 cm³/mol. The van der Waals surface area contributed by atoms with Crippen LogP contribution >= 0.6 is 12.4 Å². The van der Waals surface area contributed by atoms with Crippen LogP contribution in [0.1, 0.15) is 13.3 Å². The second-order valence-corrected chi connectivity index (χ2v) is 2.30. The molecule has 4 nitrogen and oxygen atoms in total. The lowest BCUT2D eigenvalue weighted by Crippen LogP contribution is -2.41. The van der Waals surface area contributed by atoms with E-state index in [1.807, 2.05) is 0 Å². The Bertz CT molecular complexity index is 110. The Hall–Kier alpha value is -0.160. The summed E-state index contributed by atoms with van der Waals surface area (Å²) >= 11 is 0. The van der Waals surface area contributed by atoms with Crippen LogP contribution < -0.4 is 5.73 Å². The zero-order valence-electron chi connectivity index (χ0n) is 6.30. The minimum Gasteiger partial charge on any atom is -0.391 e. The summed E-state index contributed by atoms with van der Waals surface area (Å²) in [5, 5.41) is 17.8. The van der Waals surface area contributed by atoms with Gasteiger partial charge in [0.1, 0.15) is 6.29 Å². The largest absolute Gasteiger partial charge is 0.391 e. The van der Waals surface area contributed by atoms with Crippen molar-refractivity contribution in [2.75, 3.05) is 0 Å². The first-order valence-electron chi connectivity index (χ1n) is 3.15. The van der Waals surface area contributed by atoms with Gasteiger partial charge in [-0.05, 0) is 6.92 Å². The third-order valence-corrected chi connectivity index (χ3v) is 1.30. The molecule has 0 saturated carbocycles. The normalized spacial score (nSPS) is 17.8. The number of carbonyl (C=O) groups excluding carboxylic acids is 1. The molecule has 0 saturated heterocycles. The zero-order valence-corrected chi connectivity index (χ0v) is 7.12. The second kappa shape index (κ2) is 6.54. The molecule has 0 bridgehead atoms. The van der Waals surface area contributed by atoms with Crippen molar-refractivity contribution in [3.63, 3.8) is 0 Å². The van der Waals surface area contributed by atoms with Crippen molar-refractivity contribution < 1.29 is 15.0 Å². The van der Waals surface area contributed by atoms with Gasteiger partial charge in [0.2, 0.25) is 0 Å². The molecular formula is C6H14ClNO3. The maximum Gasteiger partial charge on any atom is 0.121 e. The number of halogens is 1. The number of aliphatic hydroxyl groups excluding tert-OH is 2. The van der Waals surface area contributed by atoms with Crippen molar-refractivity contribution in [3.8, 4) is 0 Å². The van der Waals surface area contributed by atoms with Gasteiger partial charge in [0.05, 0.1) is 12.2 Å². The maximum atomic E-state index is 9.87. The third kappa shape index (κ3) is 5.15. The highest BCUT2D eigenvalue weighted by atomic mass is 35.5. The summed E-state index contributed by atoms with van der Waals surface area (Å²) in [6, 6.07) is -0.655. The van der Waals surface area contributed by atoms with Crippen LogP contribution in [0.5, 0.6) is 0 Å². The van der Waals surface area contributed by atoms with Crippen molar-refractivity contribution in [3.05, 3.63) is 0 Å². The Kier molecular flexibility index (Phi) is 7.99. The fraction of sp³-hybridized carbons (Fsp3) is 0.833. The van der Waals surface area contributed by atoms with Gasteiger partial charge >= 0.3 is 0 Å². The molecule has 0 aliphatic rings. The van der Waals surface area contributed by atoms with Crippen molar-refractivity contribution in [1.82, 2.24) is 0 Å². The molecule has 0 aromatic carbocycles. The lowest BCUT2D eigenvalue weighted by atomic mass is 10.1. The van der Waals surface area contributed by atoms with Crippen LogP contribution in [-0.4, -0.2) is 34.7 Å². The van der Waals surface area contributed by atoms with E-state index in [2.05, 4.69) is 0 Å². The molecule has 3 atom stereocenters. The molecule has 0 amide bonds. The number of nitrogens with two attached hydrogens (primary N) is 1. The van der Waals surface area contributed by atoms with Crippen LogP contribution in [0.25, 0.3) is 0 Å². The summed E-state index contributed by atoms with van der Waals surface area (Å²) in [7, 11) is 0. The second-order valence-electron chi connectivity index (χ2n) is 2.30. The van der Waals surface area contributed by atoms with Crippen LogP contribution in [0.15, 0.2) is 0 Å². The highest BCUT2D eigenvalue weighted by Gasteiger charge is 2.18. The smallest absolute Gasteiger partial charge is 0.121 e. The molecule has 0 heterocycles. The summed E-state index contributed by atoms with van der Waals surface area (Å²) in [6.45, 7) is 1.43. The Labute approximate surface area is 71.8 Å². The average molecular weight is 184 g/mol. The van der Waals surface area contributed by atoms with Crippen LogP contribution in [0.3, 0.4) is 0 Å². The molecule has 0 aromatic heterocycles. The summed E-state index contributed by atoms with van der Waals surface area (Å²) in [4.78, 5) is 9.87. The van der Waals surface area contributed by atoms with Gasteiger partial charge < -0.3 is 20.7 Å². The van der Waals surface area contributed by atoms with E-state index >= 15 is 0 Å². The molecule has 68 valence electrons. The maximum absolute atomic E-state index is 9.87. The van der Waals surface area contributed by atoms with Crippen LogP contribution in [0, 0.1) is 0 Å². The topological polar surface area (TPSA) is 83.6 Å². The molecule has 4 N–H and O–H groups in total. The Morgan fingerprint density at radius 2 is 2.00 bits per heavy atom. The number of rotatable bonds is 4. The van der Waals surface area contributed by atoms with E-state index in [1.54, 1.807) is 0 Å². The molecule has 0 aliphatic heterocycles. The lowest BCUT2D eigenvalue weighted by molar-refractivity contribution is -0.109. The van der Waals surface area contributed by atoms with Gasteiger partial charge in [0, 0.05) is 12.5 Å². The number of carbonyl (C=O) groups is 1. The SMILES string of the molecule is C[C@@H](O)[C@@H](O)[C@H](N)CC=O.Cl. The van der Waals surface area contributed by atoms with Crippen molar-refractivity contribution >= 4 is 18.7 Å². The molecule has 0 aromatic rings. The van der Waals surface area contributed by atoms with E-state index in [4.69, 9.17) is 15.9 Å². The van der Waals surface area contributed by atoms with Gasteiger partial charge in [-0.3, -0.25) is 0 Å². The number of aliphatic hydroxyl groups is 2. The van der Waals surface area contributed by atoms with E-state index in [1.165, 1.54) is 6.92 Å². The van der Waals surface area contributed by atoms with Crippen molar-refractivity contribution in [2.24, 2.45) is 5.73 Å². The molecule has 11 heavy (non-hydrogen) atoms. The zero-order chi connectivity index (χ0) is 8.15. The Morgan fingerprint density at radius 3 is 2.27 bits per heavy atom. The minimum atomic E-state index is -1.01. The molecule has 5 heteroatoms. The summed E-state index contributed by atoms with van der Waals surface area (Å²) < 4.78 is 0. The summed E-state index contributed by atoms with van der Waals surface area (Å²) in [5.41, 5.74) is 5.29. The average Bonchev–Trinajstić information content (AvgIpc) is 1.87. The van der Waals surface area contributed by atoms with Crippen molar-refractivity contribution in [2.45, 2.75) is 31.6 Å². The lowest BCUT2D eigenvalue weighted by Gasteiger charge is -2.18. The van der Waals surface area contributed by atoms with Gasteiger partial charge in [-0.1, -0.05) is 0 Å². The summed E-state index contributed by atoms with van der Waals surface area (Å²) in [6.07, 6.45) is -1.19. The van der Waals surface area contributed by atoms with Gasteiger partial charge in [0.15, 0.2) is 0 Å². The van der Waals surface area contributed by atoms with Crippen LogP contribution in [0.4, 0.5) is 0 Å². The third-order valence-electron chi connectivity index (χ3n) is 1.30. The Morgan fingerprint density at radius 1 is 1.55 bits per heavy atom. The molecule has 0 unspecified atom stereocenters.